The van der Waals surface area contributed by atoms with Crippen molar-refractivity contribution < 1.29 is 37.8 Å². The molecule has 238 valence electrons. The molecule has 0 aromatic heterocycles. The number of ketones is 1. The molecule has 0 spiro atoms. The Labute approximate surface area is 262 Å². The molecule has 2 amide bonds. The van der Waals surface area contributed by atoms with Crippen LogP contribution in [0.15, 0.2) is 55.1 Å². The number of esters is 1. The second-order valence-corrected chi connectivity index (χ2v) is 12.7. The van der Waals surface area contributed by atoms with E-state index in [0.717, 1.165) is 12.0 Å². The molecule has 0 bridgehead atoms. The first-order chi connectivity index (χ1) is 20.9. The summed E-state index contributed by atoms with van der Waals surface area (Å²) in [7, 11) is 0. The first kappa shape index (κ1) is 34.6. The molecule has 1 aliphatic heterocycles. The van der Waals surface area contributed by atoms with Crippen LogP contribution in [0.5, 0.6) is 0 Å². The van der Waals surface area contributed by atoms with Crippen LogP contribution in [0.1, 0.15) is 57.2 Å². The number of carbonyl (C=O) groups excluding carboxylic acids is 4. The molecule has 44 heavy (non-hydrogen) atoms. The van der Waals surface area contributed by atoms with Gasteiger partial charge in [0.15, 0.2) is 5.78 Å². The van der Waals surface area contributed by atoms with Crippen molar-refractivity contribution in [3.8, 4) is 0 Å². The number of amides is 2. The van der Waals surface area contributed by atoms with Crippen LogP contribution in [0.4, 0.5) is 19.7 Å². The van der Waals surface area contributed by atoms with Gasteiger partial charge in [0.05, 0.1) is 5.69 Å². The third-order valence-corrected chi connectivity index (χ3v) is 8.08. The minimum absolute atomic E-state index is 0.0163. The van der Waals surface area contributed by atoms with Crippen LogP contribution in [0.25, 0.3) is 0 Å². The van der Waals surface area contributed by atoms with E-state index in [-0.39, 0.29) is 36.8 Å². The van der Waals surface area contributed by atoms with E-state index in [2.05, 4.69) is 17.2 Å². The highest BCUT2D eigenvalue weighted by molar-refractivity contribution is 7.99. The third kappa shape index (κ3) is 9.57. The Morgan fingerprint density at radius 2 is 1.84 bits per heavy atom. The molecule has 2 aromatic rings. The first-order valence-electron chi connectivity index (χ1n) is 14.6. The largest absolute Gasteiger partial charge is 0.461 e. The number of benzene rings is 2. The zero-order valence-corrected chi connectivity index (χ0v) is 26.5. The Morgan fingerprint density at radius 1 is 1.11 bits per heavy atom. The lowest BCUT2D eigenvalue weighted by molar-refractivity contribution is -0.158. The van der Waals surface area contributed by atoms with Crippen molar-refractivity contribution in [3.05, 3.63) is 77.6 Å². The molecule has 9 nitrogen and oxygen atoms in total. The van der Waals surface area contributed by atoms with E-state index in [1.807, 2.05) is 37.3 Å². The van der Waals surface area contributed by atoms with Gasteiger partial charge in [-0.15, -0.1) is 0 Å². The van der Waals surface area contributed by atoms with E-state index in [9.17, 15) is 19.2 Å². The summed E-state index contributed by atoms with van der Waals surface area (Å²) in [5, 5.41) is 5.12. The molecular weight excluding hydrogens is 587 g/mol. The molecule has 1 saturated heterocycles. The lowest BCUT2D eigenvalue weighted by atomic mass is 9.76. The van der Waals surface area contributed by atoms with Crippen LogP contribution in [-0.2, 0) is 43.2 Å². The number of Topliss-reactive ketones (excluding diaryl/α,β-unsaturated/α-hetero) is 1. The summed E-state index contributed by atoms with van der Waals surface area (Å²) in [5.74, 6) is -1.74. The van der Waals surface area contributed by atoms with Gasteiger partial charge in [-0.25, -0.2) is 14.0 Å². The van der Waals surface area contributed by atoms with Crippen molar-refractivity contribution >= 4 is 41.4 Å². The van der Waals surface area contributed by atoms with E-state index >= 15 is 4.39 Å². The fraction of sp³-hybridized carbons (Fsp3) is 0.455. The van der Waals surface area contributed by atoms with E-state index in [1.165, 1.54) is 23.9 Å². The van der Waals surface area contributed by atoms with Gasteiger partial charge in [0, 0.05) is 11.5 Å². The summed E-state index contributed by atoms with van der Waals surface area (Å²) in [6.45, 7) is 10.6. The summed E-state index contributed by atoms with van der Waals surface area (Å²) in [6.07, 6.45) is 1.59. The molecule has 11 heteroatoms. The number of nitrogens with one attached hydrogen (secondary N) is 2. The average molecular weight is 629 g/mol. The van der Waals surface area contributed by atoms with Gasteiger partial charge < -0.3 is 19.5 Å². The third-order valence-electron chi connectivity index (χ3n) is 6.81. The molecule has 2 aromatic carbocycles. The smallest absolute Gasteiger partial charge is 0.412 e. The molecule has 2 N–H and O–H groups in total. The van der Waals surface area contributed by atoms with Crippen molar-refractivity contribution in [1.29, 1.82) is 0 Å². The van der Waals surface area contributed by atoms with Crippen LogP contribution < -0.4 is 10.6 Å². The van der Waals surface area contributed by atoms with Gasteiger partial charge in [-0.05, 0) is 62.8 Å². The summed E-state index contributed by atoms with van der Waals surface area (Å²) in [5.41, 5.74) is -0.841. The van der Waals surface area contributed by atoms with Crippen LogP contribution in [0.3, 0.4) is 0 Å². The summed E-state index contributed by atoms with van der Waals surface area (Å²) >= 11 is 1.31. The second-order valence-electron chi connectivity index (χ2n) is 11.6. The van der Waals surface area contributed by atoms with Crippen molar-refractivity contribution in [2.75, 3.05) is 23.4 Å². The number of aryl methyl sites for hydroxylation is 1. The van der Waals surface area contributed by atoms with E-state index < -0.39 is 46.8 Å². The standard InChI is InChI=1S/C33H41FN2O7S/c1-6-8-14-24-16-23(17-25(34)27(24)36-30(39)42-19-22-12-10-9-11-13-22)18-33(29(38)41-15-7-2)21-44-20-26(28(33)37)35-31(40)43-32(3,4)5/h7,9-13,16-17,26H,2,6,8,14-15,18-21H2,1,3-5H3,(H,35,40)(H,36,39). The van der Waals surface area contributed by atoms with E-state index in [1.54, 1.807) is 26.8 Å². The normalized spacial score (nSPS) is 18.2. The lowest BCUT2D eigenvalue weighted by Gasteiger charge is -2.37. The first-order valence-corrected chi connectivity index (χ1v) is 15.7. The van der Waals surface area contributed by atoms with E-state index in [4.69, 9.17) is 14.2 Å². The lowest BCUT2D eigenvalue weighted by Crippen LogP contribution is -2.58. The van der Waals surface area contributed by atoms with Gasteiger partial charge in [0.2, 0.25) is 0 Å². The number of anilines is 1. The number of hydrogen-bond donors (Lipinski definition) is 2. The van der Waals surface area contributed by atoms with Gasteiger partial charge >= 0.3 is 18.2 Å². The Kier molecular flexibility index (Phi) is 12.4. The molecule has 3 rings (SSSR count). The number of alkyl carbamates (subject to hydrolysis) is 1. The Morgan fingerprint density at radius 3 is 2.50 bits per heavy atom. The van der Waals surface area contributed by atoms with Crippen LogP contribution in [-0.4, -0.2) is 53.7 Å². The topological polar surface area (TPSA) is 120 Å². The summed E-state index contributed by atoms with van der Waals surface area (Å²) < 4.78 is 31.7. The van der Waals surface area contributed by atoms with Crippen LogP contribution >= 0.6 is 11.8 Å². The van der Waals surface area contributed by atoms with Gasteiger partial charge in [-0.3, -0.25) is 14.9 Å². The fourth-order valence-electron chi connectivity index (χ4n) is 4.77. The second kappa shape index (κ2) is 15.7. The van der Waals surface area contributed by atoms with Gasteiger partial charge in [-0.2, -0.15) is 11.8 Å². The molecule has 1 aliphatic rings. The van der Waals surface area contributed by atoms with Crippen LogP contribution in [0, 0.1) is 11.2 Å². The number of carbonyl (C=O) groups is 4. The summed E-state index contributed by atoms with van der Waals surface area (Å²) in [4.78, 5) is 52.5. The molecular formula is C33H41FN2O7S. The van der Waals surface area contributed by atoms with Gasteiger partial charge in [0.1, 0.15) is 36.1 Å². The van der Waals surface area contributed by atoms with Gasteiger partial charge in [-0.1, -0.05) is 62.4 Å². The highest BCUT2D eigenvalue weighted by atomic mass is 32.2. The molecule has 0 radical (unpaired) electrons. The fourth-order valence-corrected chi connectivity index (χ4v) is 6.07. The number of halogens is 1. The Hall–Kier alpha value is -3.86. The van der Waals surface area contributed by atoms with Crippen molar-refractivity contribution in [2.45, 2.75) is 71.6 Å². The van der Waals surface area contributed by atoms with Gasteiger partial charge in [0.25, 0.3) is 0 Å². The van der Waals surface area contributed by atoms with Crippen LogP contribution in [0.2, 0.25) is 0 Å². The molecule has 1 fully saturated rings. The van der Waals surface area contributed by atoms with Crippen molar-refractivity contribution in [1.82, 2.24) is 5.32 Å². The maximum Gasteiger partial charge on any atom is 0.412 e. The van der Waals surface area contributed by atoms with Crippen molar-refractivity contribution in [3.63, 3.8) is 0 Å². The average Bonchev–Trinajstić information content (AvgIpc) is 2.96. The predicted octanol–water partition coefficient (Wildman–Crippen LogP) is 6.38. The van der Waals surface area contributed by atoms with Crippen molar-refractivity contribution in [2.24, 2.45) is 5.41 Å². The highest BCUT2D eigenvalue weighted by Crippen LogP contribution is 2.38. The zero-order chi connectivity index (χ0) is 32.3. The van der Waals surface area contributed by atoms with E-state index in [0.29, 0.717) is 24.0 Å². The number of thioether (sulfide) groups is 1. The molecule has 0 saturated carbocycles. The molecule has 0 aliphatic carbocycles. The maximum absolute atomic E-state index is 15.7. The molecule has 2 unspecified atom stereocenters. The quantitative estimate of drug-likeness (QED) is 0.120. The monoisotopic (exact) mass is 628 g/mol. The molecule has 1 heterocycles. The number of hydrogen-bond acceptors (Lipinski definition) is 8. The number of unbranched alkanes of at least 4 members (excludes halogenated alkanes) is 1. The zero-order valence-electron chi connectivity index (χ0n) is 25.7. The Balaban J connectivity index is 1.90. The summed E-state index contributed by atoms with van der Waals surface area (Å²) in [6, 6.07) is 11.0. The minimum atomic E-state index is -1.70. The predicted molar refractivity (Wildman–Crippen MR) is 168 cm³/mol. The SMILES string of the molecule is C=CCOC(=O)C1(Cc2cc(F)c(NC(=O)OCc3ccccc3)c(CCCC)c2)CSCC(NC(=O)OC(C)(C)C)C1=O. The number of ether oxygens (including phenoxy) is 3. The minimum Gasteiger partial charge on any atom is -0.461 e. The maximum atomic E-state index is 15.7. The number of rotatable bonds is 12. The highest BCUT2D eigenvalue weighted by Gasteiger charge is 2.53. The Bertz CT molecular complexity index is 1350. The molecule has 2 atom stereocenters.